The van der Waals surface area contributed by atoms with Crippen LogP contribution in [0.4, 0.5) is 8.78 Å². The van der Waals surface area contributed by atoms with Crippen molar-refractivity contribution >= 4 is 23.5 Å². The predicted octanol–water partition coefficient (Wildman–Crippen LogP) is -0.298. The van der Waals surface area contributed by atoms with Crippen molar-refractivity contribution in [2.75, 3.05) is 0 Å². The second-order valence-electron chi connectivity index (χ2n) is 6.98. The van der Waals surface area contributed by atoms with Gasteiger partial charge in [-0.3, -0.25) is 18.9 Å². The number of halogens is 2. The van der Waals surface area contributed by atoms with E-state index in [4.69, 9.17) is 19.4 Å². The highest BCUT2D eigenvalue weighted by Gasteiger charge is 2.58. The molecule has 0 amide bonds. The summed E-state index contributed by atoms with van der Waals surface area (Å²) in [6, 6.07) is 0. The van der Waals surface area contributed by atoms with Gasteiger partial charge in [0.25, 0.3) is 5.56 Å². The summed E-state index contributed by atoms with van der Waals surface area (Å²) in [7, 11) is -17.2. The number of rotatable bonds is 8. The SMILES string of the molecule is Cc1c(F)c(=O)[nH]c(=O)n1[C@@H]1O[C@H]([C@@H](C)OP(=O)(O)OP(=O)(O)OP(=O)(O)O)C(O)[C@@]1(C)F. The monoisotopic (exact) mass is 546 g/mol. The van der Waals surface area contributed by atoms with Crippen LogP contribution in [0, 0.1) is 12.7 Å². The third-order valence-electron chi connectivity index (χ3n) is 4.39. The van der Waals surface area contributed by atoms with Gasteiger partial charge in [0.1, 0.15) is 12.2 Å². The normalized spacial score (nSPS) is 30.5. The molecule has 6 N–H and O–H groups in total. The van der Waals surface area contributed by atoms with Gasteiger partial charge in [0, 0.05) is 0 Å². The summed E-state index contributed by atoms with van der Waals surface area (Å²) in [6.07, 6.45) is -8.04. The summed E-state index contributed by atoms with van der Waals surface area (Å²) in [6.45, 7) is 2.57. The number of aliphatic hydroxyl groups excluding tert-OH is 1. The standard InChI is InChI=1S/C12H19F2N2O14P3/c1-4-6(13)9(18)15-11(19)16(4)10-12(3,14)8(17)7(27-10)5(2)28-32(23,24)30-33(25,26)29-31(20,21)22/h5,7-8,10,17H,1-3H3,(H,23,24)(H,25,26)(H,15,18,19)(H2,20,21,22)/t5-,7-,8?,10-,12-/m1/s1. The highest BCUT2D eigenvalue weighted by molar-refractivity contribution is 7.66. The number of aromatic amines is 1. The van der Waals surface area contributed by atoms with Crippen LogP contribution < -0.4 is 11.2 Å². The van der Waals surface area contributed by atoms with Crippen LogP contribution in [0.1, 0.15) is 25.8 Å². The highest BCUT2D eigenvalue weighted by atomic mass is 31.3. The van der Waals surface area contributed by atoms with E-state index in [1.165, 1.54) is 0 Å². The van der Waals surface area contributed by atoms with Crippen LogP contribution in [0.3, 0.4) is 0 Å². The van der Waals surface area contributed by atoms with Crippen molar-refractivity contribution in [2.24, 2.45) is 0 Å². The fourth-order valence-corrected chi connectivity index (χ4v) is 6.19. The van der Waals surface area contributed by atoms with Crippen molar-refractivity contribution in [3.63, 3.8) is 0 Å². The third kappa shape index (κ3) is 6.31. The van der Waals surface area contributed by atoms with E-state index in [0.717, 1.165) is 20.8 Å². The molecule has 7 atom stereocenters. The van der Waals surface area contributed by atoms with Crippen molar-refractivity contribution in [1.29, 1.82) is 0 Å². The molecule has 0 bridgehead atoms. The molecule has 2 heterocycles. The number of ether oxygens (including phenoxy) is 1. The average Bonchev–Trinajstić information content (AvgIpc) is 2.80. The fraction of sp³-hybridized carbons (Fsp3) is 0.667. The minimum Gasteiger partial charge on any atom is -0.387 e. The predicted molar refractivity (Wildman–Crippen MR) is 99.9 cm³/mol. The lowest BCUT2D eigenvalue weighted by Crippen LogP contribution is -2.46. The quantitative estimate of drug-likeness (QED) is 0.229. The summed E-state index contributed by atoms with van der Waals surface area (Å²) in [4.78, 5) is 60.8. The molecule has 1 saturated heterocycles. The van der Waals surface area contributed by atoms with Gasteiger partial charge >= 0.3 is 29.2 Å². The van der Waals surface area contributed by atoms with Gasteiger partial charge in [-0.1, -0.05) is 0 Å². The Balaban J connectivity index is 2.31. The maximum Gasteiger partial charge on any atom is 0.490 e. The molecule has 0 spiro atoms. The molecule has 21 heteroatoms. The largest absolute Gasteiger partial charge is 0.490 e. The summed E-state index contributed by atoms with van der Waals surface area (Å²) in [5, 5.41) is 10.3. The Morgan fingerprint density at radius 3 is 2.21 bits per heavy atom. The van der Waals surface area contributed by atoms with Crippen molar-refractivity contribution in [3.05, 3.63) is 32.3 Å². The second-order valence-corrected chi connectivity index (χ2v) is 11.4. The molecule has 190 valence electrons. The minimum absolute atomic E-state index is 0.345. The van der Waals surface area contributed by atoms with E-state index in [9.17, 15) is 37.7 Å². The van der Waals surface area contributed by atoms with Gasteiger partial charge in [-0.25, -0.2) is 22.9 Å². The molecule has 1 aromatic rings. The molecular formula is C12H19F2N2O14P3. The Kier molecular flexibility index (Phi) is 7.79. The zero-order valence-electron chi connectivity index (χ0n) is 16.8. The Morgan fingerprint density at radius 2 is 1.70 bits per heavy atom. The van der Waals surface area contributed by atoms with Crippen molar-refractivity contribution in [3.8, 4) is 0 Å². The van der Waals surface area contributed by atoms with E-state index >= 15 is 4.39 Å². The number of nitrogens with one attached hydrogen (secondary N) is 1. The average molecular weight is 546 g/mol. The molecule has 0 saturated carbocycles. The first-order chi connectivity index (χ1) is 14.7. The van der Waals surface area contributed by atoms with Gasteiger partial charge in [0.2, 0.25) is 5.82 Å². The van der Waals surface area contributed by atoms with E-state index in [-0.39, 0.29) is 0 Å². The van der Waals surface area contributed by atoms with Crippen LogP contribution >= 0.6 is 23.5 Å². The Bertz CT molecular complexity index is 1180. The first-order valence-corrected chi connectivity index (χ1v) is 13.1. The fourth-order valence-electron chi connectivity index (χ4n) is 2.99. The summed E-state index contributed by atoms with van der Waals surface area (Å²) < 4.78 is 80.4. The second kappa shape index (κ2) is 9.15. The molecule has 0 aromatic carbocycles. The summed E-state index contributed by atoms with van der Waals surface area (Å²) >= 11 is 0. The number of aromatic nitrogens is 2. The number of alkyl halides is 1. The van der Waals surface area contributed by atoms with Crippen LogP contribution in [-0.2, 0) is 31.6 Å². The minimum atomic E-state index is -5.85. The molecule has 16 nitrogen and oxygen atoms in total. The molecule has 2 rings (SSSR count). The van der Waals surface area contributed by atoms with Crippen molar-refractivity contribution in [2.45, 2.75) is 51.0 Å². The Labute approximate surface area is 182 Å². The van der Waals surface area contributed by atoms with E-state index in [1.807, 2.05) is 0 Å². The molecular weight excluding hydrogens is 527 g/mol. The van der Waals surface area contributed by atoms with Gasteiger partial charge < -0.3 is 29.4 Å². The number of nitrogens with zero attached hydrogens (tertiary/aromatic N) is 1. The lowest BCUT2D eigenvalue weighted by atomic mass is 9.96. The number of hydrogen-bond acceptors (Lipinski definition) is 10. The van der Waals surface area contributed by atoms with Gasteiger partial charge in [-0.05, 0) is 20.8 Å². The zero-order chi connectivity index (χ0) is 25.7. The molecule has 0 aliphatic carbocycles. The van der Waals surface area contributed by atoms with Crippen LogP contribution in [0.2, 0.25) is 0 Å². The first-order valence-electron chi connectivity index (χ1n) is 8.54. The van der Waals surface area contributed by atoms with Gasteiger partial charge in [0.15, 0.2) is 11.9 Å². The number of hydrogen-bond donors (Lipinski definition) is 6. The topological polar surface area (TPSA) is 244 Å². The van der Waals surface area contributed by atoms with Crippen LogP contribution in [0.15, 0.2) is 9.59 Å². The summed E-state index contributed by atoms with van der Waals surface area (Å²) in [5.41, 5.74) is -6.24. The molecule has 3 unspecified atom stereocenters. The van der Waals surface area contributed by atoms with Crippen LogP contribution in [0.25, 0.3) is 0 Å². The van der Waals surface area contributed by atoms with E-state index in [2.05, 4.69) is 13.1 Å². The zero-order valence-corrected chi connectivity index (χ0v) is 19.4. The highest BCUT2D eigenvalue weighted by Crippen LogP contribution is 2.66. The van der Waals surface area contributed by atoms with Crippen molar-refractivity contribution in [1.82, 2.24) is 9.55 Å². The van der Waals surface area contributed by atoms with Crippen LogP contribution in [-0.4, -0.2) is 58.2 Å². The lowest BCUT2D eigenvalue weighted by molar-refractivity contribution is -0.0816. The Morgan fingerprint density at radius 1 is 1.15 bits per heavy atom. The van der Waals surface area contributed by atoms with Crippen molar-refractivity contribution < 1.29 is 65.0 Å². The molecule has 0 radical (unpaired) electrons. The Hall–Kier alpha value is -1.13. The number of phosphoric ester groups is 1. The molecule has 1 aromatic heterocycles. The van der Waals surface area contributed by atoms with Gasteiger partial charge in [-0.2, -0.15) is 13.0 Å². The van der Waals surface area contributed by atoms with Crippen LogP contribution in [0.5, 0.6) is 0 Å². The molecule has 1 aliphatic rings. The van der Waals surface area contributed by atoms with E-state index < -0.39 is 76.4 Å². The van der Waals surface area contributed by atoms with E-state index in [1.54, 1.807) is 4.98 Å². The number of H-pyrrole nitrogens is 1. The van der Waals surface area contributed by atoms with Gasteiger partial charge in [0.05, 0.1) is 11.8 Å². The smallest absolute Gasteiger partial charge is 0.387 e. The maximum atomic E-state index is 15.3. The molecule has 1 aliphatic heterocycles. The van der Waals surface area contributed by atoms with E-state index in [0.29, 0.717) is 4.57 Å². The van der Waals surface area contributed by atoms with Gasteiger partial charge in [-0.15, -0.1) is 0 Å². The number of phosphoric acid groups is 3. The first kappa shape index (κ1) is 28.1. The number of aliphatic hydroxyl groups is 1. The third-order valence-corrected chi connectivity index (χ3v) is 8.31. The summed E-state index contributed by atoms with van der Waals surface area (Å²) in [5.74, 6) is -1.45. The molecule has 33 heavy (non-hydrogen) atoms. The lowest BCUT2D eigenvalue weighted by Gasteiger charge is -2.26. The molecule has 1 fully saturated rings. The maximum absolute atomic E-state index is 15.3.